The fourth-order valence-corrected chi connectivity index (χ4v) is 1.84. The fraction of sp³-hybridized carbons (Fsp3) is 0.583. The molecule has 1 rings (SSSR count). The number of halogens is 2. The van der Waals surface area contributed by atoms with Gasteiger partial charge in [-0.05, 0) is 13.8 Å². The molecule has 0 aromatic carbocycles. The third kappa shape index (κ3) is 4.37. The lowest BCUT2D eigenvalue weighted by atomic mass is 10.1. The van der Waals surface area contributed by atoms with Crippen molar-refractivity contribution in [2.45, 2.75) is 33.2 Å². The summed E-state index contributed by atoms with van der Waals surface area (Å²) in [5.74, 6) is -1.03. The van der Waals surface area contributed by atoms with E-state index in [-0.39, 0.29) is 19.6 Å². The first-order chi connectivity index (χ1) is 9.32. The molecular formula is C12H16F2N2O4. The number of aliphatic carboxylic acids is 1. The van der Waals surface area contributed by atoms with E-state index in [0.717, 1.165) is 0 Å². The number of ether oxygens (including phenoxy) is 1. The zero-order valence-corrected chi connectivity index (χ0v) is 11.2. The summed E-state index contributed by atoms with van der Waals surface area (Å²) in [7, 11) is 0. The van der Waals surface area contributed by atoms with E-state index in [1.807, 2.05) is 0 Å². The first kappa shape index (κ1) is 16.2. The van der Waals surface area contributed by atoms with Crippen LogP contribution in [0.15, 0.2) is 4.79 Å². The van der Waals surface area contributed by atoms with Crippen molar-refractivity contribution in [3.63, 3.8) is 0 Å². The van der Waals surface area contributed by atoms with Crippen molar-refractivity contribution in [2.24, 2.45) is 0 Å². The van der Waals surface area contributed by atoms with Gasteiger partial charge in [0.15, 0.2) is 0 Å². The lowest BCUT2D eigenvalue weighted by molar-refractivity contribution is -0.136. The predicted molar refractivity (Wildman–Crippen MR) is 66.1 cm³/mol. The number of carboxylic acid groups (broad SMARTS) is 1. The maximum Gasteiger partial charge on any atom is 0.348 e. The molecule has 0 fully saturated rings. The Kier molecular flexibility index (Phi) is 5.75. The van der Waals surface area contributed by atoms with E-state index in [9.17, 15) is 18.4 Å². The van der Waals surface area contributed by atoms with Crippen LogP contribution in [0, 0.1) is 13.8 Å². The standard InChI is InChI=1S/C12H16F2N2O4/c1-7-9(5-11(17)18)8(2)16(12(19)15-7)3-4-20-6-10(13)14/h10H,3-6H2,1-2H3,(H,17,18). The molecule has 0 unspecified atom stereocenters. The summed E-state index contributed by atoms with van der Waals surface area (Å²) in [5, 5.41) is 8.83. The Balaban J connectivity index is 2.90. The van der Waals surface area contributed by atoms with Gasteiger partial charge in [0.05, 0.1) is 19.6 Å². The third-order valence-corrected chi connectivity index (χ3v) is 2.80. The zero-order valence-electron chi connectivity index (χ0n) is 11.2. The van der Waals surface area contributed by atoms with Crippen LogP contribution in [0.25, 0.3) is 0 Å². The number of hydrogen-bond acceptors (Lipinski definition) is 4. The van der Waals surface area contributed by atoms with Crippen molar-refractivity contribution in [3.05, 3.63) is 27.4 Å². The van der Waals surface area contributed by atoms with Crippen LogP contribution in [0.4, 0.5) is 8.78 Å². The zero-order chi connectivity index (χ0) is 15.3. The Hall–Kier alpha value is -1.83. The molecule has 6 nitrogen and oxygen atoms in total. The van der Waals surface area contributed by atoms with Gasteiger partial charge in [0.2, 0.25) is 0 Å². The van der Waals surface area contributed by atoms with Gasteiger partial charge < -0.3 is 9.84 Å². The molecule has 0 aliphatic carbocycles. The second kappa shape index (κ2) is 7.09. The van der Waals surface area contributed by atoms with Crippen LogP contribution in [0.3, 0.4) is 0 Å². The van der Waals surface area contributed by atoms with Crippen LogP contribution in [0.5, 0.6) is 0 Å². The van der Waals surface area contributed by atoms with E-state index in [2.05, 4.69) is 4.98 Å². The average molecular weight is 290 g/mol. The number of aryl methyl sites for hydroxylation is 1. The summed E-state index contributed by atoms with van der Waals surface area (Å²) in [6.07, 6.45) is -2.81. The molecular weight excluding hydrogens is 274 g/mol. The van der Waals surface area contributed by atoms with E-state index < -0.39 is 24.7 Å². The minimum Gasteiger partial charge on any atom is -0.481 e. The lowest BCUT2D eigenvalue weighted by Crippen LogP contribution is -2.30. The van der Waals surface area contributed by atoms with E-state index in [4.69, 9.17) is 9.84 Å². The molecule has 1 aromatic heterocycles. The van der Waals surface area contributed by atoms with E-state index >= 15 is 0 Å². The van der Waals surface area contributed by atoms with Crippen molar-refractivity contribution in [1.82, 2.24) is 9.55 Å². The van der Waals surface area contributed by atoms with Crippen LogP contribution in [0.2, 0.25) is 0 Å². The molecule has 8 heteroatoms. The van der Waals surface area contributed by atoms with E-state index in [0.29, 0.717) is 17.0 Å². The highest BCUT2D eigenvalue weighted by molar-refractivity contribution is 5.70. The maximum absolute atomic E-state index is 11.9. The summed E-state index contributed by atoms with van der Waals surface area (Å²) < 4.78 is 29.8. The highest BCUT2D eigenvalue weighted by Gasteiger charge is 2.14. The Labute approximate surface area is 114 Å². The molecule has 0 aliphatic rings. The summed E-state index contributed by atoms with van der Waals surface area (Å²) in [6.45, 7) is 2.44. The third-order valence-electron chi connectivity index (χ3n) is 2.80. The Bertz CT molecular complexity index is 543. The van der Waals surface area contributed by atoms with Crippen LogP contribution < -0.4 is 5.69 Å². The minimum absolute atomic E-state index is 0.0529. The summed E-state index contributed by atoms with van der Waals surface area (Å²) >= 11 is 0. The molecule has 0 aliphatic heterocycles. The van der Waals surface area contributed by atoms with Gasteiger partial charge >= 0.3 is 11.7 Å². The smallest absolute Gasteiger partial charge is 0.348 e. The Morgan fingerprint density at radius 3 is 2.65 bits per heavy atom. The molecule has 112 valence electrons. The van der Waals surface area contributed by atoms with Gasteiger partial charge in [-0.3, -0.25) is 9.36 Å². The van der Waals surface area contributed by atoms with Gasteiger partial charge in [0, 0.05) is 17.0 Å². The fourth-order valence-electron chi connectivity index (χ4n) is 1.84. The van der Waals surface area contributed by atoms with Crippen LogP contribution in [-0.2, 0) is 22.5 Å². The molecule has 0 atom stereocenters. The summed E-state index contributed by atoms with van der Waals surface area (Å²) in [5.41, 5.74) is 0.728. The van der Waals surface area contributed by atoms with Crippen LogP contribution in [-0.4, -0.2) is 40.3 Å². The van der Waals surface area contributed by atoms with Gasteiger partial charge in [0.1, 0.15) is 6.61 Å². The second-order valence-electron chi connectivity index (χ2n) is 4.23. The minimum atomic E-state index is -2.56. The lowest BCUT2D eigenvalue weighted by Gasteiger charge is -2.14. The normalized spacial score (nSPS) is 11.1. The van der Waals surface area contributed by atoms with Crippen molar-refractivity contribution in [2.75, 3.05) is 13.2 Å². The van der Waals surface area contributed by atoms with Gasteiger partial charge in [-0.2, -0.15) is 4.98 Å². The molecule has 0 saturated carbocycles. The van der Waals surface area contributed by atoms with Crippen molar-refractivity contribution in [1.29, 1.82) is 0 Å². The highest BCUT2D eigenvalue weighted by Crippen LogP contribution is 2.10. The molecule has 0 radical (unpaired) electrons. The van der Waals surface area contributed by atoms with E-state index in [1.54, 1.807) is 13.8 Å². The Morgan fingerprint density at radius 1 is 1.45 bits per heavy atom. The van der Waals surface area contributed by atoms with Crippen molar-refractivity contribution < 1.29 is 23.4 Å². The van der Waals surface area contributed by atoms with Crippen LogP contribution in [0.1, 0.15) is 17.0 Å². The number of carboxylic acids is 1. The molecule has 0 saturated heterocycles. The highest BCUT2D eigenvalue weighted by atomic mass is 19.3. The molecule has 1 N–H and O–H groups in total. The SMILES string of the molecule is Cc1nc(=O)n(CCOCC(F)F)c(C)c1CC(=O)O. The van der Waals surface area contributed by atoms with Crippen molar-refractivity contribution in [3.8, 4) is 0 Å². The maximum atomic E-state index is 11.9. The average Bonchev–Trinajstić information content (AvgIpc) is 2.32. The molecule has 0 bridgehead atoms. The predicted octanol–water partition coefficient (Wildman–Crippen LogP) is 0.769. The number of hydrogen-bond donors (Lipinski definition) is 1. The number of carbonyl (C=O) groups is 1. The molecule has 20 heavy (non-hydrogen) atoms. The van der Waals surface area contributed by atoms with Crippen molar-refractivity contribution >= 4 is 5.97 Å². The Morgan fingerprint density at radius 2 is 2.10 bits per heavy atom. The number of rotatable bonds is 7. The summed E-state index contributed by atoms with van der Waals surface area (Å²) in [4.78, 5) is 26.3. The number of nitrogens with zero attached hydrogens (tertiary/aromatic N) is 2. The van der Waals surface area contributed by atoms with Crippen LogP contribution >= 0.6 is 0 Å². The van der Waals surface area contributed by atoms with Gasteiger partial charge in [0.25, 0.3) is 6.43 Å². The largest absolute Gasteiger partial charge is 0.481 e. The first-order valence-corrected chi connectivity index (χ1v) is 5.97. The van der Waals surface area contributed by atoms with E-state index in [1.165, 1.54) is 4.57 Å². The molecule has 0 amide bonds. The van der Waals surface area contributed by atoms with Gasteiger partial charge in [-0.15, -0.1) is 0 Å². The molecule has 1 aromatic rings. The number of alkyl halides is 2. The monoisotopic (exact) mass is 290 g/mol. The summed E-state index contributed by atoms with van der Waals surface area (Å²) in [6, 6.07) is 0. The topological polar surface area (TPSA) is 81.4 Å². The first-order valence-electron chi connectivity index (χ1n) is 5.97. The molecule has 1 heterocycles. The molecule has 0 spiro atoms. The van der Waals surface area contributed by atoms with Gasteiger partial charge in [-0.1, -0.05) is 0 Å². The quantitative estimate of drug-likeness (QED) is 0.750. The second-order valence-corrected chi connectivity index (χ2v) is 4.23. The van der Waals surface area contributed by atoms with Gasteiger partial charge in [-0.25, -0.2) is 13.6 Å². The number of aromatic nitrogens is 2.